The number of esters is 1. The van der Waals surface area contributed by atoms with Crippen LogP contribution in [0.5, 0.6) is 0 Å². The summed E-state index contributed by atoms with van der Waals surface area (Å²) in [4.78, 5) is 38.0. The fourth-order valence-corrected chi connectivity index (χ4v) is 12.2. The predicted octanol–water partition coefficient (Wildman–Crippen LogP) is 24.9. The van der Waals surface area contributed by atoms with Gasteiger partial charge in [-0.05, 0) is 96.0 Å². The highest BCUT2D eigenvalue weighted by atomic mass is 31.2. The average Bonchev–Trinajstić information content (AvgIpc) is 3.71. The summed E-state index contributed by atoms with van der Waals surface area (Å²) in [5, 5.41) is 3.08. The van der Waals surface area contributed by atoms with E-state index in [1.165, 1.54) is 276 Å². The Morgan fingerprint density at radius 1 is 0.393 bits per heavy atom. The van der Waals surface area contributed by atoms with Crippen LogP contribution in [0.4, 0.5) is 0 Å². The lowest BCUT2D eigenvalue weighted by molar-refractivity contribution is -0.870. The lowest BCUT2D eigenvalue weighted by atomic mass is 10.0. The first-order valence-electron chi connectivity index (χ1n) is 38.6. The third-order valence-electron chi connectivity index (χ3n) is 17.4. The van der Waals surface area contributed by atoms with Crippen molar-refractivity contribution in [2.45, 2.75) is 392 Å². The largest absolute Gasteiger partial charge is 0.472 e. The molecular formula is C79H150N2O7P+. The Bertz CT molecular complexity index is 1700. The van der Waals surface area contributed by atoms with Crippen LogP contribution in [0.3, 0.4) is 0 Å². The van der Waals surface area contributed by atoms with Crippen LogP contribution in [0, 0.1) is 0 Å². The minimum Gasteiger partial charge on any atom is -0.456 e. The van der Waals surface area contributed by atoms with E-state index in [-0.39, 0.29) is 25.1 Å². The molecule has 0 aliphatic carbocycles. The molecule has 0 fully saturated rings. The number of hydrogen-bond donors (Lipinski definition) is 2. The highest BCUT2D eigenvalue weighted by Gasteiger charge is 2.30. The number of phosphoric acid groups is 1. The quantitative estimate of drug-likeness (QED) is 0.0205. The number of rotatable bonds is 71. The molecule has 0 aromatic carbocycles. The number of hydrogen-bond acceptors (Lipinski definition) is 6. The maximum absolute atomic E-state index is 13.6. The Morgan fingerprint density at radius 3 is 1.06 bits per heavy atom. The maximum atomic E-state index is 13.6. The average molecular weight is 1270 g/mol. The first-order valence-corrected chi connectivity index (χ1v) is 40.1. The summed E-state index contributed by atoms with van der Waals surface area (Å²) in [6.45, 7) is 7.03. The van der Waals surface area contributed by atoms with Crippen molar-refractivity contribution in [3.63, 3.8) is 0 Å². The Balaban J connectivity index is 4.90. The number of allylic oxidation sites excluding steroid dienone is 9. The van der Waals surface area contributed by atoms with Crippen LogP contribution in [0.25, 0.3) is 0 Å². The smallest absolute Gasteiger partial charge is 0.456 e. The molecular weight excluding hydrogens is 1120 g/mol. The molecule has 0 radical (unpaired) electrons. The number of ether oxygens (including phenoxy) is 1. The van der Waals surface area contributed by atoms with Crippen LogP contribution < -0.4 is 5.32 Å². The minimum absolute atomic E-state index is 0.0413. The molecule has 0 aliphatic heterocycles. The molecule has 0 saturated heterocycles. The topological polar surface area (TPSA) is 111 Å². The van der Waals surface area contributed by atoms with Crippen molar-refractivity contribution in [3.05, 3.63) is 60.8 Å². The summed E-state index contributed by atoms with van der Waals surface area (Å²) in [7, 11) is 1.51. The van der Waals surface area contributed by atoms with E-state index in [1.807, 2.05) is 33.3 Å². The molecule has 0 bridgehead atoms. The zero-order valence-corrected chi connectivity index (χ0v) is 60.8. The van der Waals surface area contributed by atoms with Gasteiger partial charge in [0.25, 0.3) is 0 Å². The van der Waals surface area contributed by atoms with Gasteiger partial charge in [-0.15, -0.1) is 0 Å². The van der Waals surface area contributed by atoms with Crippen LogP contribution >= 0.6 is 7.82 Å². The first kappa shape index (κ1) is 86.7. The van der Waals surface area contributed by atoms with Crippen molar-refractivity contribution < 1.29 is 37.3 Å². The Labute approximate surface area is 553 Å². The second-order valence-electron chi connectivity index (χ2n) is 27.5. The molecule has 10 heteroatoms. The Kier molecular flexibility index (Phi) is 66.8. The summed E-state index contributed by atoms with van der Waals surface area (Å²) in [5.41, 5.74) is 0. The summed E-state index contributed by atoms with van der Waals surface area (Å²) >= 11 is 0. The van der Waals surface area contributed by atoms with Crippen molar-refractivity contribution in [1.29, 1.82) is 0 Å². The minimum atomic E-state index is -4.46. The summed E-state index contributed by atoms with van der Waals surface area (Å²) in [6, 6.07) is -0.849. The molecule has 2 N–H and O–H groups in total. The van der Waals surface area contributed by atoms with Crippen molar-refractivity contribution in [2.24, 2.45) is 0 Å². The monoisotopic (exact) mass is 1270 g/mol. The molecule has 522 valence electrons. The molecule has 89 heavy (non-hydrogen) atoms. The van der Waals surface area contributed by atoms with Gasteiger partial charge >= 0.3 is 13.8 Å². The van der Waals surface area contributed by atoms with Gasteiger partial charge in [-0.3, -0.25) is 18.6 Å². The molecule has 0 spiro atoms. The van der Waals surface area contributed by atoms with Crippen LogP contribution in [0.15, 0.2) is 60.8 Å². The van der Waals surface area contributed by atoms with Gasteiger partial charge in [0.05, 0.1) is 33.8 Å². The van der Waals surface area contributed by atoms with Gasteiger partial charge in [0.1, 0.15) is 19.3 Å². The highest BCUT2D eigenvalue weighted by molar-refractivity contribution is 7.47. The fourth-order valence-electron chi connectivity index (χ4n) is 11.5. The molecule has 0 aromatic rings. The fraction of sp³-hybridized carbons (Fsp3) is 0.848. The lowest BCUT2D eigenvalue weighted by Gasteiger charge is -2.27. The van der Waals surface area contributed by atoms with E-state index in [0.717, 1.165) is 70.6 Å². The van der Waals surface area contributed by atoms with E-state index in [9.17, 15) is 19.0 Å². The maximum Gasteiger partial charge on any atom is 0.472 e. The highest BCUT2D eigenvalue weighted by Crippen LogP contribution is 2.43. The third kappa shape index (κ3) is 69.9. The van der Waals surface area contributed by atoms with E-state index in [1.54, 1.807) is 0 Å². The normalized spacial score (nSPS) is 13.7. The van der Waals surface area contributed by atoms with Crippen molar-refractivity contribution in [3.8, 4) is 0 Å². The SMILES string of the molecule is CCCCC/C=C\C/C=C\C/C=C\CCCCCCCCCCCCCCCCC(=O)OC(/C=C/CCCCCCCCCCC)C(COP(=O)(O)OCC[N+](C)(C)C)NC(=O)CCCCCCCCCCCCCCCCC/C=C/CCCCCCCC. The van der Waals surface area contributed by atoms with Crippen molar-refractivity contribution in [2.75, 3.05) is 40.9 Å². The molecule has 9 nitrogen and oxygen atoms in total. The number of unbranched alkanes of at least 4 members (excludes halogenated alkanes) is 47. The van der Waals surface area contributed by atoms with E-state index < -0.39 is 20.0 Å². The second-order valence-corrected chi connectivity index (χ2v) is 29.0. The van der Waals surface area contributed by atoms with Gasteiger partial charge in [-0.2, -0.15) is 0 Å². The van der Waals surface area contributed by atoms with Crippen LogP contribution in [-0.4, -0.2) is 74.3 Å². The van der Waals surface area contributed by atoms with Crippen molar-refractivity contribution in [1.82, 2.24) is 5.32 Å². The number of nitrogens with one attached hydrogen (secondary N) is 1. The zero-order valence-electron chi connectivity index (χ0n) is 59.9. The number of likely N-dealkylation sites (N-methyl/N-ethyl adjacent to an activating group) is 1. The molecule has 0 aromatic heterocycles. The number of nitrogens with zero attached hydrogens (tertiary/aromatic N) is 1. The molecule has 3 unspecified atom stereocenters. The molecule has 0 rings (SSSR count). The van der Waals surface area contributed by atoms with Gasteiger partial charge < -0.3 is 19.4 Å². The van der Waals surface area contributed by atoms with E-state index in [2.05, 4.69) is 74.7 Å². The molecule has 0 aliphatic rings. The van der Waals surface area contributed by atoms with Gasteiger partial charge in [-0.1, -0.05) is 332 Å². The van der Waals surface area contributed by atoms with Crippen molar-refractivity contribution >= 4 is 19.7 Å². The molecule has 3 atom stereocenters. The van der Waals surface area contributed by atoms with Crippen LogP contribution in [-0.2, 0) is 27.9 Å². The summed E-state index contributed by atoms with van der Waals surface area (Å²) in [5.74, 6) is -0.489. The zero-order chi connectivity index (χ0) is 64.9. The lowest BCUT2D eigenvalue weighted by Crippen LogP contribution is -2.47. The third-order valence-corrected chi connectivity index (χ3v) is 18.4. The van der Waals surface area contributed by atoms with E-state index in [4.69, 9.17) is 13.8 Å². The Hall–Kier alpha value is -2.29. The van der Waals surface area contributed by atoms with E-state index >= 15 is 0 Å². The number of carbonyl (C=O) groups is 2. The second kappa shape index (κ2) is 68.6. The van der Waals surface area contributed by atoms with Crippen LogP contribution in [0.2, 0.25) is 0 Å². The number of phosphoric ester groups is 1. The van der Waals surface area contributed by atoms with Gasteiger partial charge in [0, 0.05) is 12.8 Å². The molecule has 0 heterocycles. The number of amides is 1. The predicted molar refractivity (Wildman–Crippen MR) is 388 cm³/mol. The number of carbonyl (C=O) groups excluding carboxylic acids is 2. The number of quaternary nitrogens is 1. The first-order chi connectivity index (χ1) is 43.4. The van der Waals surface area contributed by atoms with Gasteiger partial charge in [0.2, 0.25) is 5.91 Å². The van der Waals surface area contributed by atoms with E-state index in [0.29, 0.717) is 23.9 Å². The Morgan fingerprint density at radius 2 is 0.685 bits per heavy atom. The summed E-state index contributed by atoms with van der Waals surface area (Å²) < 4.78 is 30.9. The standard InChI is InChI=1S/C79H149N2O7P/c1-7-10-13-16-19-22-25-27-29-31-33-35-37-39-40-42-44-46-48-50-52-54-57-60-63-66-69-72-79(83)88-77(70-67-64-61-58-55-24-21-18-15-12-9-3)76(75-87-89(84,85)86-74-73-81(4,5)6)80-78(82)71-68-65-62-59-56-53-51-49-47-45-43-41-38-36-34-32-30-28-26-23-20-17-14-11-8-2/h19,22,27-30,33,35,67,70,76-77H,7-18,20-21,23-26,31-32,34,36-66,68-69,71-75H2,1-6H3,(H-,80,82,84,85)/p+1/b22-19-,29-27-,30-28+,35-33-,70-67+. The van der Waals surface area contributed by atoms with Gasteiger partial charge in [-0.25, -0.2) is 4.57 Å². The summed E-state index contributed by atoms with van der Waals surface area (Å²) in [6.07, 6.45) is 89.7. The van der Waals surface area contributed by atoms with Crippen LogP contribution in [0.1, 0.15) is 380 Å². The van der Waals surface area contributed by atoms with Gasteiger partial charge in [0.15, 0.2) is 0 Å². The molecule has 1 amide bonds. The molecule has 0 saturated carbocycles.